The van der Waals surface area contributed by atoms with Crippen molar-refractivity contribution in [1.29, 1.82) is 0 Å². The third kappa shape index (κ3) is 11.4. The predicted octanol–water partition coefficient (Wildman–Crippen LogP) is 4.45. The van der Waals surface area contributed by atoms with Crippen molar-refractivity contribution in [2.45, 2.75) is 71.3 Å². The Bertz CT molecular complexity index is 816. The van der Waals surface area contributed by atoms with E-state index >= 15 is 0 Å². The number of rotatable bonds is 15. The highest BCUT2D eigenvalue weighted by Crippen LogP contribution is 2.17. The second-order valence-corrected chi connectivity index (χ2v) is 8.35. The molecular weight excluding hydrogens is 416 g/mol. The summed E-state index contributed by atoms with van der Waals surface area (Å²) in [6.07, 6.45) is 20.1. The molecular formula is C27H38N2O4. The van der Waals surface area contributed by atoms with Gasteiger partial charge in [0, 0.05) is 38.0 Å². The molecule has 1 aliphatic heterocycles. The van der Waals surface area contributed by atoms with Crippen molar-refractivity contribution < 1.29 is 19.1 Å². The molecule has 180 valence electrons. The van der Waals surface area contributed by atoms with Gasteiger partial charge < -0.3 is 10.1 Å². The van der Waals surface area contributed by atoms with Gasteiger partial charge in [-0.05, 0) is 44.9 Å². The molecule has 0 aromatic carbocycles. The largest absolute Gasteiger partial charge is 0.501 e. The number of methoxy groups -OCH3 is 1. The Labute approximate surface area is 198 Å². The van der Waals surface area contributed by atoms with Gasteiger partial charge in [0.05, 0.1) is 13.2 Å². The van der Waals surface area contributed by atoms with Gasteiger partial charge in [0.15, 0.2) is 0 Å². The quantitative estimate of drug-likeness (QED) is 0.130. The molecule has 0 radical (unpaired) electrons. The van der Waals surface area contributed by atoms with E-state index < -0.39 is 5.91 Å². The Hall–Kier alpha value is -3.07. The highest BCUT2D eigenvalue weighted by atomic mass is 16.5. The molecule has 0 aromatic heterocycles. The van der Waals surface area contributed by atoms with Gasteiger partial charge in [0.1, 0.15) is 5.76 Å². The zero-order chi connectivity index (χ0) is 24.6. The SMILES string of the molecule is C#CCCCC(=C)CCC(C)/C=C/CCC(=O)NCC/C(=C\C(=O)N1C(=O)C=C[C@@H]1C)OC. The Balaban J connectivity index is 2.25. The summed E-state index contributed by atoms with van der Waals surface area (Å²) in [6.45, 7) is 8.40. The minimum atomic E-state index is -0.420. The third-order valence-electron chi connectivity index (χ3n) is 5.45. The lowest BCUT2D eigenvalue weighted by atomic mass is 9.98. The van der Waals surface area contributed by atoms with Gasteiger partial charge >= 0.3 is 0 Å². The lowest BCUT2D eigenvalue weighted by Crippen LogP contribution is -2.37. The highest BCUT2D eigenvalue weighted by Gasteiger charge is 2.27. The predicted molar refractivity (Wildman–Crippen MR) is 132 cm³/mol. The molecule has 1 N–H and O–H groups in total. The van der Waals surface area contributed by atoms with Crippen LogP contribution in [0.2, 0.25) is 0 Å². The molecule has 0 aliphatic carbocycles. The third-order valence-corrected chi connectivity index (χ3v) is 5.45. The summed E-state index contributed by atoms with van der Waals surface area (Å²) in [4.78, 5) is 37.3. The average molecular weight is 455 g/mol. The smallest absolute Gasteiger partial charge is 0.257 e. The number of hydrogen-bond acceptors (Lipinski definition) is 4. The Morgan fingerprint density at radius 1 is 1.33 bits per heavy atom. The van der Waals surface area contributed by atoms with E-state index in [9.17, 15) is 14.4 Å². The maximum Gasteiger partial charge on any atom is 0.257 e. The van der Waals surface area contributed by atoms with Crippen LogP contribution >= 0.6 is 0 Å². The maximum atomic E-state index is 12.3. The van der Waals surface area contributed by atoms with Crippen molar-refractivity contribution in [2.75, 3.05) is 13.7 Å². The minimum absolute atomic E-state index is 0.0523. The molecule has 6 heteroatoms. The van der Waals surface area contributed by atoms with Crippen LogP contribution in [0.4, 0.5) is 0 Å². The fraction of sp³-hybridized carbons (Fsp3) is 0.519. The number of hydrogen-bond donors (Lipinski definition) is 1. The molecule has 0 saturated carbocycles. The zero-order valence-corrected chi connectivity index (χ0v) is 20.3. The molecule has 0 fully saturated rings. The van der Waals surface area contributed by atoms with Gasteiger partial charge in [-0.3, -0.25) is 19.3 Å². The minimum Gasteiger partial charge on any atom is -0.501 e. The van der Waals surface area contributed by atoms with Crippen molar-refractivity contribution in [1.82, 2.24) is 10.2 Å². The van der Waals surface area contributed by atoms with Crippen LogP contribution in [0.3, 0.4) is 0 Å². The maximum absolute atomic E-state index is 12.3. The van der Waals surface area contributed by atoms with Gasteiger partial charge in [-0.25, -0.2) is 0 Å². The molecule has 0 bridgehead atoms. The number of nitrogens with one attached hydrogen (secondary N) is 1. The first-order valence-electron chi connectivity index (χ1n) is 11.6. The number of imide groups is 1. The fourth-order valence-electron chi connectivity index (χ4n) is 3.39. The standard InChI is InChI=1S/C27H38N2O4/c1-6-7-8-11-21(2)14-15-22(3)12-9-10-13-25(30)28-19-18-24(33-5)20-27(32)29-23(4)16-17-26(29)31/h1,9,12,16-17,20,22-23H,2,7-8,10-11,13-15,18-19H2,3-5H3,(H,28,30)/b12-9+,24-20+/t22?,23-/m0/s1. The molecule has 0 spiro atoms. The first kappa shape index (κ1) is 28.0. The van der Waals surface area contributed by atoms with Crippen molar-refractivity contribution in [3.63, 3.8) is 0 Å². The number of carbonyl (C=O) groups excluding carboxylic acids is 3. The molecule has 2 atom stereocenters. The van der Waals surface area contributed by atoms with Crippen LogP contribution in [0, 0.1) is 18.3 Å². The van der Waals surface area contributed by atoms with Gasteiger partial charge in [-0.2, -0.15) is 0 Å². The van der Waals surface area contributed by atoms with Crippen LogP contribution < -0.4 is 5.32 Å². The van der Waals surface area contributed by atoms with E-state index in [1.165, 1.54) is 29.7 Å². The summed E-state index contributed by atoms with van der Waals surface area (Å²) in [6, 6.07) is -0.271. The lowest BCUT2D eigenvalue weighted by Gasteiger charge is -2.18. The molecule has 33 heavy (non-hydrogen) atoms. The second kappa shape index (κ2) is 15.7. The van der Waals surface area contributed by atoms with Crippen molar-refractivity contribution in [3.05, 3.63) is 48.3 Å². The van der Waals surface area contributed by atoms with Crippen molar-refractivity contribution in [3.8, 4) is 12.3 Å². The summed E-state index contributed by atoms with van der Waals surface area (Å²) >= 11 is 0. The van der Waals surface area contributed by atoms with Gasteiger partial charge in [-0.15, -0.1) is 12.3 Å². The lowest BCUT2D eigenvalue weighted by molar-refractivity contribution is -0.139. The van der Waals surface area contributed by atoms with E-state index in [-0.39, 0.29) is 17.9 Å². The van der Waals surface area contributed by atoms with Crippen LogP contribution in [0.5, 0.6) is 0 Å². The Morgan fingerprint density at radius 2 is 2.09 bits per heavy atom. The highest BCUT2D eigenvalue weighted by molar-refractivity contribution is 6.07. The summed E-state index contributed by atoms with van der Waals surface area (Å²) in [7, 11) is 1.47. The summed E-state index contributed by atoms with van der Waals surface area (Å²) in [5.74, 6) is 2.70. The normalized spacial score (nSPS) is 16.7. The van der Waals surface area contributed by atoms with Gasteiger partial charge in [0.25, 0.3) is 11.8 Å². The van der Waals surface area contributed by atoms with Crippen LogP contribution in [0.15, 0.2) is 48.3 Å². The molecule has 1 rings (SSSR count). The molecule has 1 aliphatic rings. The van der Waals surface area contributed by atoms with Crippen molar-refractivity contribution in [2.24, 2.45) is 5.92 Å². The number of ether oxygens (including phenoxy) is 1. The van der Waals surface area contributed by atoms with E-state index in [4.69, 9.17) is 11.2 Å². The van der Waals surface area contributed by atoms with Crippen LogP contribution in [-0.4, -0.2) is 42.3 Å². The van der Waals surface area contributed by atoms with E-state index in [1.54, 1.807) is 13.0 Å². The first-order valence-corrected chi connectivity index (χ1v) is 11.6. The van der Waals surface area contributed by atoms with Crippen LogP contribution in [0.1, 0.15) is 65.2 Å². The number of amides is 3. The van der Waals surface area contributed by atoms with Gasteiger partial charge in [-0.1, -0.05) is 37.3 Å². The number of allylic oxidation sites excluding steroid dienone is 3. The number of nitrogens with zero attached hydrogens (tertiary/aromatic N) is 1. The molecule has 0 saturated heterocycles. The van der Waals surface area contributed by atoms with E-state index in [1.807, 2.05) is 6.08 Å². The van der Waals surface area contributed by atoms with Crippen LogP contribution in [0.25, 0.3) is 0 Å². The van der Waals surface area contributed by atoms with Crippen molar-refractivity contribution >= 4 is 17.7 Å². The molecule has 6 nitrogen and oxygen atoms in total. The Morgan fingerprint density at radius 3 is 2.73 bits per heavy atom. The number of terminal acetylenes is 1. The average Bonchev–Trinajstić information content (AvgIpc) is 3.12. The second-order valence-electron chi connectivity index (χ2n) is 8.35. The molecule has 1 unspecified atom stereocenters. The van der Waals surface area contributed by atoms with Gasteiger partial charge in [0.2, 0.25) is 5.91 Å². The summed E-state index contributed by atoms with van der Waals surface area (Å²) in [5.41, 5.74) is 1.24. The van der Waals surface area contributed by atoms with Crippen LogP contribution in [-0.2, 0) is 19.1 Å². The van der Waals surface area contributed by atoms with E-state index in [0.29, 0.717) is 37.5 Å². The first-order chi connectivity index (χ1) is 15.8. The van der Waals surface area contributed by atoms with E-state index in [2.05, 4.69) is 30.8 Å². The monoisotopic (exact) mass is 454 g/mol. The zero-order valence-electron chi connectivity index (χ0n) is 20.3. The Kier molecular flexibility index (Phi) is 13.3. The molecule has 0 aromatic rings. The molecule has 3 amide bonds. The topological polar surface area (TPSA) is 75.7 Å². The summed E-state index contributed by atoms with van der Waals surface area (Å²) in [5, 5.41) is 2.84. The summed E-state index contributed by atoms with van der Waals surface area (Å²) < 4.78 is 5.23. The number of carbonyl (C=O) groups is 3. The van der Waals surface area contributed by atoms with E-state index in [0.717, 1.165) is 32.1 Å². The number of unbranched alkanes of at least 4 members (excludes halogenated alkanes) is 1. The fourth-order valence-corrected chi connectivity index (χ4v) is 3.39. The molecule has 1 heterocycles.